The van der Waals surface area contributed by atoms with Gasteiger partial charge in [-0.1, -0.05) is 6.92 Å². The molecule has 0 aliphatic rings. The Kier molecular flexibility index (Phi) is 6.93. The Labute approximate surface area is 143 Å². The molecule has 0 fully saturated rings. The normalized spacial score (nSPS) is 18.8. The number of alkyl halides is 16. The highest BCUT2D eigenvalue weighted by Gasteiger charge is 2.84. The standard InChI is InChI=1S/C10H6F16O2/c1-2-4(12,13)3(11)27-10(25,26)6(16,8(20,21)22)28-9(23,24)5(14,15)7(17,18)19/h3H,2H2,1H3. The van der Waals surface area contributed by atoms with Gasteiger partial charge in [0.25, 0.3) is 6.36 Å². The lowest BCUT2D eigenvalue weighted by Gasteiger charge is -2.38. The largest absolute Gasteiger partial charge is 0.462 e. The number of halogens is 16. The van der Waals surface area contributed by atoms with E-state index in [1.165, 1.54) is 4.74 Å². The zero-order valence-electron chi connectivity index (χ0n) is 12.6. The van der Waals surface area contributed by atoms with Crippen molar-refractivity contribution in [2.45, 2.75) is 62.0 Å². The number of ether oxygens (including phenoxy) is 2. The van der Waals surface area contributed by atoms with Gasteiger partial charge in [0.1, 0.15) is 0 Å². The Hall–Kier alpha value is -1.20. The maximum atomic E-state index is 13.5. The molecule has 18 heteroatoms. The predicted octanol–water partition coefficient (Wildman–Crippen LogP) is 5.97. The van der Waals surface area contributed by atoms with Gasteiger partial charge in [-0.25, -0.2) is 13.2 Å². The van der Waals surface area contributed by atoms with Crippen molar-refractivity contribution in [1.82, 2.24) is 0 Å². The number of hydrogen-bond donors (Lipinski definition) is 0. The van der Waals surface area contributed by atoms with Crippen molar-refractivity contribution in [3.8, 4) is 0 Å². The second kappa shape index (κ2) is 7.24. The van der Waals surface area contributed by atoms with Crippen molar-refractivity contribution in [1.29, 1.82) is 0 Å². The molecule has 170 valence electrons. The predicted molar refractivity (Wildman–Crippen MR) is 53.1 cm³/mol. The average molecular weight is 462 g/mol. The second-order valence-corrected chi connectivity index (χ2v) is 4.85. The Morgan fingerprint density at radius 1 is 0.643 bits per heavy atom. The lowest BCUT2D eigenvalue weighted by atomic mass is 10.2. The summed E-state index contributed by atoms with van der Waals surface area (Å²) in [6.45, 7) is 0.342. The van der Waals surface area contributed by atoms with Crippen molar-refractivity contribution in [3.05, 3.63) is 0 Å². The topological polar surface area (TPSA) is 18.5 Å². The van der Waals surface area contributed by atoms with Crippen LogP contribution in [0, 0.1) is 0 Å². The molecule has 0 spiro atoms. The molecule has 0 aliphatic carbocycles. The maximum absolute atomic E-state index is 13.5. The molecule has 2 atom stereocenters. The molecule has 0 rings (SSSR count). The summed E-state index contributed by atoms with van der Waals surface area (Å²) in [7, 11) is 0. The summed E-state index contributed by atoms with van der Waals surface area (Å²) in [6, 6.07) is 0. The Balaban J connectivity index is 6.23. The zero-order valence-corrected chi connectivity index (χ0v) is 12.6. The highest BCUT2D eigenvalue weighted by Crippen LogP contribution is 2.55. The van der Waals surface area contributed by atoms with Gasteiger partial charge in [0.2, 0.25) is 0 Å². The van der Waals surface area contributed by atoms with Crippen LogP contribution in [0.3, 0.4) is 0 Å². The van der Waals surface area contributed by atoms with Crippen molar-refractivity contribution >= 4 is 0 Å². The lowest BCUT2D eigenvalue weighted by Crippen LogP contribution is -2.66. The highest BCUT2D eigenvalue weighted by atomic mass is 19.4. The van der Waals surface area contributed by atoms with Crippen LogP contribution in [0.25, 0.3) is 0 Å². The van der Waals surface area contributed by atoms with Gasteiger partial charge >= 0.3 is 42.3 Å². The SMILES string of the molecule is CCC(F)(F)C(F)OC(F)(F)C(F)(OC(F)(F)C(F)(F)C(F)(F)F)C(F)(F)F. The van der Waals surface area contributed by atoms with Gasteiger partial charge in [-0.3, -0.25) is 9.47 Å². The average Bonchev–Trinajstić information content (AvgIpc) is 2.43. The van der Waals surface area contributed by atoms with Crippen molar-refractivity contribution in [2.24, 2.45) is 0 Å². The number of rotatable bonds is 8. The Morgan fingerprint density at radius 3 is 1.32 bits per heavy atom. The summed E-state index contributed by atoms with van der Waals surface area (Å²) in [5.74, 6) is -20.4. The fraction of sp³-hybridized carbons (Fsp3) is 1.00. The van der Waals surface area contributed by atoms with E-state index in [0.29, 0.717) is 6.92 Å². The van der Waals surface area contributed by atoms with Crippen LogP contribution in [0.15, 0.2) is 0 Å². The van der Waals surface area contributed by atoms with E-state index in [1.54, 1.807) is 0 Å². The molecule has 0 amide bonds. The number of hydrogen-bond acceptors (Lipinski definition) is 2. The van der Waals surface area contributed by atoms with E-state index < -0.39 is 55.0 Å². The molecule has 0 saturated carbocycles. The molecule has 0 N–H and O–H groups in total. The summed E-state index contributed by atoms with van der Waals surface area (Å²) >= 11 is 0. The fourth-order valence-corrected chi connectivity index (χ4v) is 1.14. The van der Waals surface area contributed by atoms with Gasteiger partial charge < -0.3 is 0 Å². The summed E-state index contributed by atoms with van der Waals surface area (Å²) in [5.41, 5.74) is 0. The third-order valence-corrected chi connectivity index (χ3v) is 2.78. The Bertz CT molecular complexity index is 537. The Morgan fingerprint density at radius 2 is 1.04 bits per heavy atom. The molecular formula is C10H6F16O2. The van der Waals surface area contributed by atoms with Crippen LogP contribution in [-0.2, 0) is 9.47 Å². The van der Waals surface area contributed by atoms with Crippen molar-refractivity contribution in [3.63, 3.8) is 0 Å². The first kappa shape index (κ1) is 26.8. The van der Waals surface area contributed by atoms with Crippen molar-refractivity contribution in [2.75, 3.05) is 0 Å². The molecule has 0 aliphatic heterocycles. The van der Waals surface area contributed by atoms with Gasteiger partial charge in [-0.15, -0.1) is 0 Å². The third kappa shape index (κ3) is 4.68. The van der Waals surface area contributed by atoms with Crippen LogP contribution >= 0.6 is 0 Å². The summed E-state index contributed by atoms with van der Waals surface area (Å²) in [6.07, 6.45) is -36.6. The summed E-state index contributed by atoms with van der Waals surface area (Å²) in [5, 5.41) is 0. The van der Waals surface area contributed by atoms with E-state index in [4.69, 9.17) is 0 Å². The quantitative estimate of drug-likeness (QED) is 0.414. The van der Waals surface area contributed by atoms with E-state index in [2.05, 4.69) is 4.74 Å². The molecule has 0 radical (unpaired) electrons. The first-order valence-corrected chi connectivity index (χ1v) is 6.25. The monoisotopic (exact) mass is 462 g/mol. The van der Waals surface area contributed by atoms with Gasteiger partial charge in [0.15, 0.2) is 0 Å². The molecule has 2 nitrogen and oxygen atoms in total. The molecule has 0 aromatic heterocycles. The van der Waals surface area contributed by atoms with Gasteiger partial charge in [0, 0.05) is 6.42 Å². The first-order chi connectivity index (χ1) is 11.9. The maximum Gasteiger partial charge on any atom is 0.462 e. The molecule has 2 unspecified atom stereocenters. The van der Waals surface area contributed by atoms with E-state index in [9.17, 15) is 70.2 Å². The van der Waals surface area contributed by atoms with E-state index in [1.807, 2.05) is 0 Å². The van der Waals surface area contributed by atoms with Gasteiger partial charge in [-0.05, 0) is 0 Å². The van der Waals surface area contributed by atoms with Crippen LogP contribution in [0.5, 0.6) is 0 Å². The third-order valence-electron chi connectivity index (χ3n) is 2.78. The minimum atomic E-state index is -7.68. The first-order valence-electron chi connectivity index (χ1n) is 6.25. The molecule has 0 heterocycles. The van der Waals surface area contributed by atoms with E-state index >= 15 is 0 Å². The van der Waals surface area contributed by atoms with Crippen molar-refractivity contribution < 1.29 is 79.7 Å². The summed E-state index contributed by atoms with van der Waals surface area (Å²) in [4.78, 5) is 0. The van der Waals surface area contributed by atoms with Gasteiger partial charge in [0.05, 0.1) is 0 Å². The van der Waals surface area contributed by atoms with Gasteiger partial charge in [-0.2, -0.15) is 57.1 Å². The fourth-order valence-electron chi connectivity index (χ4n) is 1.14. The highest BCUT2D eigenvalue weighted by molar-refractivity contribution is 4.93. The minimum absolute atomic E-state index is 0.342. The second-order valence-electron chi connectivity index (χ2n) is 4.85. The molecule has 28 heavy (non-hydrogen) atoms. The molecule has 0 aromatic rings. The lowest BCUT2D eigenvalue weighted by molar-refractivity contribution is -0.541. The zero-order chi connectivity index (χ0) is 23.2. The molecule has 0 bridgehead atoms. The van der Waals surface area contributed by atoms with E-state index in [0.717, 1.165) is 0 Å². The molecular weight excluding hydrogens is 456 g/mol. The van der Waals surface area contributed by atoms with Crippen LogP contribution in [0.2, 0.25) is 0 Å². The van der Waals surface area contributed by atoms with Crippen LogP contribution in [-0.4, -0.2) is 48.6 Å². The molecule has 0 saturated heterocycles. The molecule has 0 aromatic carbocycles. The van der Waals surface area contributed by atoms with Crippen LogP contribution in [0.4, 0.5) is 70.2 Å². The van der Waals surface area contributed by atoms with Crippen LogP contribution < -0.4 is 0 Å². The smallest absolute Gasteiger partial charge is 0.274 e. The van der Waals surface area contributed by atoms with E-state index in [-0.39, 0.29) is 0 Å². The minimum Gasteiger partial charge on any atom is -0.274 e. The summed E-state index contributed by atoms with van der Waals surface area (Å²) < 4.78 is 205. The van der Waals surface area contributed by atoms with Crippen LogP contribution in [0.1, 0.15) is 13.3 Å².